The first-order valence-electron chi connectivity index (χ1n) is 18.9. The van der Waals surface area contributed by atoms with Gasteiger partial charge in [0, 0.05) is 44.5 Å². The van der Waals surface area contributed by atoms with Gasteiger partial charge in [0.2, 0.25) is 5.91 Å². The fraction of sp³-hybridized carbons (Fsp3) is 0.326. The number of H-pyrrole nitrogens is 1. The minimum atomic E-state index is -0.912. The zero-order valence-electron chi connectivity index (χ0n) is 31.5. The van der Waals surface area contributed by atoms with Crippen LogP contribution in [-0.2, 0) is 17.6 Å². The highest BCUT2D eigenvalue weighted by atomic mass is 19.1. The van der Waals surface area contributed by atoms with Gasteiger partial charge in [0.15, 0.2) is 0 Å². The molecule has 5 aromatic rings. The maximum atomic E-state index is 14.9. The van der Waals surface area contributed by atoms with E-state index in [0.717, 1.165) is 24.8 Å². The number of benzene rings is 4. The Morgan fingerprint density at radius 3 is 2.23 bits per heavy atom. The van der Waals surface area contributed by atoms with E-state index in [0.29, 0.717) is 59.2 Å². The Labute approximate surface area is 323 Å². The number of aromatic amines is 1. The van der Waals surface area contributed by atoms with Crippen molar-refractivity contribution in [3.8, 4) is 11.1 Å². The Bertz CT molecular complexity index is 2270. The molecular formula is C43H45F3N6O4. The fourth-order valence-corrected chi connectivity index (χ4v) is 6.99. The van der Waals surface area contributed by atoms with Crippen molar-refractivity contribution in [1.82, 2.24) is 30.2 Å². The van der Waals surface area contributed by atoms with Gasteiger partial charge in [-0.15, -0.1) is 0 Å². The Morgan fingerprint density at radius 2 is 1.50 bits per heavy atom. The lowest BCUT2D eigenvalue weighted by molar-refractivity contribution is -0.133. The summed E-state index contributed by atoms with van der Waals surface area (Å²) in [5.41, 5.74) is 2.41. The summed E-state index contributed by atoms with van der Waals surface area (Å²) in [6.07, 6.45) is 3.15. The summed E-state index contributed by atoms with van der Waals surface area (Å²) in [4.78, 5) is 56.4. The summed E-state index contributed by atoms with van der Waals surface area (Å²) < 4.78 is 44.7. The third kappa shape index (κ3) is 9.51. The van der Waals surface area contributed by atoms with Crippen LogP contribution in [0.1, 0.15) is 63.7 Å². The third-order valence-electron chi connectivity index (χ3n) is 10.2. The molecule has 1 fully saturated rings. The van der Waals surface area contributed by atoms with Gasteiger partial charge in [0.05, 0.1) is 23.2 Å². The number of halogens is 3. The second kappa shape index (κ2) is 18.2. The molecule has 0 bridgehead atoms. The fourth-order valence-electron chi connectivity index (χ4n) is 6.99. The summed E-state index contributed by atoms with van der Waals surface area (Å²) in [5, 5.41) is 10.5. The smallest absolute Gasteiger partial charge is 0.272 e. The van der Waals surface area contributed by atoms with Gasteiger partial charge in [0.25, 0.3) is 17.4 Å². The summed E-state index contributed by atoms with van der Waals surface area (Å²) in [5.74, 6) is -3.79. The zero-order chi connectivity index (χ0) is 39.8. The summed E-state index contributed by atoms with van der Waals surface area (Å²) in [6.45, 7) is 4.24. The van der Waals surface area contributed by atoms with Gasteiger partial charge in [-0.25, -0.2) is 18.3 Å². The number of piperazine rings is 1. The molecule has 1 aliphatic heterocycles. The lowest BCUT2D eigenvalue weighted by Crippen LogP contribution is -2.52. The zero-order valence-corrected chi connectivity index (χ0v) is 31.5. The molecule has 0 saturated carbocycles. The van der Waals surface area contributed by atoms with E-state index in [1.807, 2.05) is 43.1 Å². The van der Waals surface area contributed by atoms with E-state index < -0.39 is 34.8 Å². The van der Waals surface area contributed by atoms with Gasteiger partial charge in [-0.2, -0.15) is 5.10 Å². The van der Waals surface area contributed by atoms with E-state index >= 15 is 0 Å². The van der Waals surface area contributed by atoms with Gasteiger partial charge < -0.3 is 15.1 Å². The summed E-state index contributed by atoms with van der Waals surface area (Å²) in [6, 6.07) is 21.3. The van der Waals surface area contributed by atoms with Crippen LogP contribution in [0.5, 0.6) is 0 Å². The number of aryl methyl sites for hydroxylation is 1. The molecule has 1 aliphatic rings. The lowest BCUT2D eigenvalue weighted by Gasteiger charge is -2.35. The van der Waals surface area contributed by atoms with Gasteiger partial charge >= 0.3 is 0 Å². The number of rotatable bonds is 14. The van der Waals surface area contributed by atoms with Gasteiger partial charge in [0.1, 0.15) is 23.0 Å². The summed E-state index contributed by atoms with van der Waals surface area (Å²) in [7, 11) is 1.84. The van der Waals surface area contributed by atoms with Crippen molar-refractivity contribution >= 4 is 28.5 Å². The van der Waals surface area contributed by atoms with Crippen LogP contribution >= 0.6 is 0 Å². The molecule has 0 aliphatic carbocycles. The number of aromatic nitrogens is 2. The van der Waals surface area contributed by atoms with Crippen LogP contribution < -0.4 is 10.9 Å². The molecule has 2 heterocycles. The highest BCUT2D eigenvalue weighted by Gasteiger charge is 2.27. The van der Waals surface area contributed by atoms with Crippen LogP contribution in [0, 0.1) is 17.5 Å². The van der Waals surface area contributed by atoms with E-state index in [9.17, 15) is 32.3 Å². The highest BCUT2D eigenvalue weighted by Crippen LogP contribution is 2.26. The topological polar surface area (TPSA) is 119 Å². The Hall–Kier alpha value is -5.82. The monoisotopic (exact) mass is 766 g/mol. The number of likely N-dealkylation sites (N-methyl/N-ethyl adjacent to an activating group) is 1. The molecule has 292 valence electrons. The lowest BCUT2D eigenvalue weighted by atomic mass is 10.00. The number of hydrogen-bond acceptors (Lipinski definition) is 6. The van der Waals surface area contributed by atoms with E-state index in [-0.39, 0.29) is 49.6 Å². The predicted molar refractivity (Wildman–Crippen MR) is 209 cm³/mol. The SMILES string of the molecule is CCc1cccc(-c2cc(F)c(C(=O)NCCCCCN(C)CC(=O)N3CCN(C(=O)c4cc(Cc5n[nH]c(=O)c6ccccc56)ccc4F)CC3)c(F)c2)c1. The number of carbonyl (C=O) groups is 3. The van der Waals surface area contributed by atoms with Crippen LogP contribution in [0.25, 0.3) is 21.9 Å². The Morgan fingerprint density at radius 1 is 0.786 bits per heavy atom. The molecule has 2 N–H and O–H groups in total. The number of carbonyl (C=O) groups excluding carboxylic acids is 3. The molecule has 6 rings (SSSR count). The molecule has 10 nitrogen and oxygen atoms in total. The average Bonchev–Trinajstić information content (AvgIpc) is 3.20. The number of fused-ring (bicyclic) bond motifs is 1. The van der Waals surface area contributed by atoms with Crippen molar-refractivity contribution in [2.75, 3.05) is 52.9 Å². The van der Waals surface area contributed by atoms with Gasteiger partial charge in [-0.1, -0.05) is 61.9 Å². The van der Waals surface area contributed by atoms with E-state index in [1.165, 1.54) is 24.3 Å². The summed E-state index contributed by atoms with van der Waals surface area (Å²) >= 11 is 0. The first kappa shape index (κ1) is 39.9. The quantitative estimate of drug-likeness (QED) is 0.135. The molecule has 0 unspecified atom stereocenters. The van der Waals surface area contributed by atoms with E-state index in [2.05, 4.69) is 15.5 Å². The van der Waals surface area contributed by atoms with Gasteiger partial charge in [-0.05, 0) is 85.4 Å². The second-order valence-corrected chi connectivity index (χ2v) is 14.1. The largest absolute Gasteiger partial charge is 0.352 e. The van der Waals surface area contributed by atoms with Crippen molar-refractivity contribution in [3.05, 3.63) is 135 Å². The molecule has 1 saturated heterocycles. The van der Waals surface area contributed by atoms with Crippen molar-refractivity contribution in [3.63, 3.8) is 0 Å². The van der Waals surface area contributed by atoms with Crippen molar-refractivity contribution in [2.45, 2.75) is 39.0 Å². The molecule has 3 amide bonds. The van der Waals surface area contributed by atoms with Crippen molar-refractivity contribution in [1.29, 1.82) is 0 Å². The molecule has 0 atom stereocenters. The Kier molecular flexibility index (Phi) is 13.0. The highest BCUT2D eigenvalue weighted by molar-refractivity contribution is 5.96. The number of nitrogens with zero attached hydrogens (tertiary/aromatic N) is 4. The normalized spacial score (nSPS) is 13.0. The van der Waals surface area contributed by atoms with Gasteiger partial charge in [-0.3, -0.25) is 24.1 Å². The maximum Gasteiger partial charge on any atom is 0.272 e. The van der Waals surface area contributed by atoms with E-state index in [4.69, 9.17) is 0 Å². The molecule has 0 spiro atoms. The molecule has 4 aromatic carbocycles. The maximum absolute atomic E-state index is 14.9. The predicted octanol–water partition coefficient (Wildman–Crippen LogP) is 5.98. The molecule has 0 radical (unpaired) electrons. The Balaban J connectivity index is 0.907. The standard InChI is InChI=1S/C43H45F3N6O4/c1-3-28-10-9-11-30(22-28)31-25-36(45)40(37(46)26-31)42(55)47-16-7-4-8-17-50(2)27-39(53)51-18-20-52(21-19-51)43(56)34-23-29(14-15-35(34)44)24-38-32-12-5-6-13-33(32)41(54)49-48-38/h5-6,9-15,22-23,25-26H,3-4,7-8,16-21,24,27H2,1-2H3,(H,47,55)(H,49,54). The first-order valence-corrected chi connectivity index (χ1v) is 18.9. The third-order valence-corrected chi connectivity index (χ3v) is 10.2. The first-order chi connectivity index (χ1) is 27.0. The minimum Gasteiger partial charge on any atom is -0.352 e. The minimum absolute atomic E-state index is 0.0578. The van der Waals surface area contributed by atoms with Crippen LogP contribution in [0.3, 0.4) is 0 Å². The number of unbranched alkanes of at least 4 members (excludes halogenated alkanes) is 2. The number of amides is 3. The van der Waals surface area contributed by atoms with Crippen LogP contribution in [-0.4, -0.2) is 95.5 Å². The van der Waals surface area contributed by atoms with Crippen molar-refractivity contribution < 1.29 is 27.6 Å². The van der Waals surface area contributed by atoms with E-state index in [1.54, 1.807) is 40.1 Å². The van der Waals surface area contributed by atoms with Crippen LogP contribution in [0.4, 0.5) is 13.2 Å². The molecular weight excluding hydrogens is 722 g/mol. The number of nitrogens with one attached hydrogen (secondary N) is 2. The number of hydrogen-bond donors (Lipinski definition) is 2. The van der Waals surface area contributed by atoms with Crippen LogP contribution in [0.15, 0.2) is 83.7 Å². The second-order valence-electron chi connectivity index (χ2n) is 14.1. The molecule has 1 aromatic heterocycles. The van der Waals surface area contributed by atoms with Crippen molar-refractivity contribution in [2.24, 2.45) is 0 Å². The molecule has 56 heavy (non-hydrogen) atoms. The van der Waals surface area contributed by atoms with Crippen LogP contribution in [0.2, 0.25) is 0 Å². The average molecular weight is 767 g/mol. The molecule has 13 heteroatoms.